The van der Waals surface area contributed by atoms with Crippen molar-refractivity contribution >= 4 is 27.9 Å². The lowest BCUT2D eigenvalue weighted by Crippen LogP contribution is -2.21. The summed E-state index contributed by atoms with van der Waals surface area (Å²) in [5.41, 5.74) is 11.6. The molecule has 3 aromatic heterocycles. The molecule has 0 spiro atoms. The van der Waals surface area contributed by atoms with Crippen molar-refractivity contribution in [1.29, 1.82) is 0 Å². The number of rotatable bonds is 4. The molecule has 5 rings (SSSR count). The van der Waals surface area contributed by atoms with Crippen molar-refractivity contribution in [2.24, 2.45) is 5.92 Å². The Morgan fingerprint density at radius 2 is 1.97 bits per heavy atom. The summed E-state index contributed by atoms with van der Waals surface area (Å²) in [6.07, 6.45) is 3.85. The molecule has 2 N–H and O–H groups in total. The van der Waals surface area contributed by atoms with Crippen LogP contribution in [0.5, 0.6) is 5.75 Å². The van der Waals surface area contributed by atoms with Crippen molar-refractivity contribution in [3.8, 4) is 16.9 Å². The van der Waals surface area contributed by atoms with Gasteiger partial charge in [-0.15, -0.1) is 0 Å². The molecule has 4 aromatic rings. The van der Waals surface area contributed by atoms with Gasteiger partial charge in [-0.3, -0.25) is 4.98 Å². The Morgan fingerprint density at radius 1 is 1.19 bits per heavy atom. The van der Waals surface area contributed by atoms with Gasteiger partial charge >= 0.3 is 0 Å². The number of pyridine rings is 1. The highest BCUT2D eigenvalue weighted by molar-refractivity contribution is 6.05. The van der Waals surface area contributed by atoms with E-state index >= 15 is 0 Å². The Hall–Kier alpha value is -3.13. The number of hydrogen-bond donors (Lipinski definition) is 1. The fourth-order valence-electron chi connectivity index (χ4n) is 4.46. The van der Waals surface area contributed by atoms with Crippen molar-refractivity contribution in [2.45, 2.75) is 40.7 Å². The topological polar surface area (TPSA) is 101 Å². The summed E-state index contributed by atoms with van der Waals surface area (Å²) in [6.45, 7) is 6.25. The van der Waals surface area contributed by atoms with E-state index in [0.717, 1.165) is 82.9 Å². The van der Waals surface area contributed by atoms with Gasteiger partial charge in [0.1, 0.15) is 17.0 Å². The van der Waals surface area contributed by atoms with Gasteiger partial charge in [0.2, 0.25) is 5.95 Å². The van der Waals surface area contributed by atoms with Crippen LogP contribution in [0.2, 0.25) is 0 Å². The number of benzene rings is 1. The maximum absolute atomic E-state index is 6.32. The Bertz CT molecular complexity index is 1220. The molecule has 0 saturated carbocycles. The highest BCUT2D eigenvalue weighted by Gasteiger charge is 2.22. The van der Waals surface area contributed by atoms with Crippen LogP contribution in [0.25, 0.3) is 33.1 Å². The van der Waals surface area contributed by atoms with Gasteiger partial charge in [-0.2, -0.15) is 0 Å². The molecule has 1 aromatic carbocycles. The number of fused-ring (bicyclic) bond motifs is 3. The number of ether oxygens (including phenoxy) is 2. The second kappa shape index (κ2) is 8.19. The molecule has 0 atom stereocenters. The minimum atomic E-state index is 0. The quantitative estimate of drug-likeness (QED) is 0.515. The van der Waals surface area contributed by atoms with Crippen molar-refractivity contribution in [3.05, 3.63) is 29.8 Å². The second-order valence-electron chi connectivity index (χ2n) is 7.90. The van der Waals surface area contributed by atoms with Gasteiger partial charge < -0.3 is 24.3 Å². The van der Waals surface area contributed by atoms with E-state index in [2.05, 4.69) is 19.7 Å². The van der Waals surface area contributed by atoms with E-state index < -0.39 is 0 Å². The van der Waals surface area contributed by atoms with Crippen LogP contribution >= 0.6 is 0 Å². The SMILES string of the molecule is C.COc1cc2c(cc1-c1c(C)noc1C)ncc1nc(N)n(CC3CCOCC3)c12. The number of nitrogen functional groups attached to an aromatic ring is 1. The first-order chi connectivity index (χ1) is 14.6. The summed E-state index contributed by atoms with van der Waals surface area (Å²) in [7, 11) is 1.67. The molecule has 0 radical (unpaired) electrons. The Labute approximate surface area is 181 Å². The minimum absolute atomic E-state index is 0. The first kappa shape index (κ1) is 21.1. The highest BCUT2D eigenvalue weighted by atomic mass is 16.5. The first-order valence-corrected chi connectivity index (χ1v) is 10.2. The predicted molar refractivity (Wildman–Crippen MR) is 121 cm³/mol. The lowest BCUT2D eigenvalue weighted by atomic mass is 9.99. The molecule has 0 bridgehead atoms. The third-order valence-electron chi connectivity index (χ3n) is 6.01. The van der Waals surface area contributed by atoms with E-state index in [0.29, 0.717) is 11.9 Å². The van der Waals surface area contributed by atoms with E-state index in [1.807, 2.05) is 26.0 Å². The molecule has 4 heterocycles. The number of nitrogens with two attached hydrogens (primary N) is 1. The molecule has 8 nitrogen and oxygen atoms in total. The largest absolute Gasteiger partial charge is 0.496 e. The standard InChI is InChI=1S/C22H25N5O3.CH4/c1-12-20(13(2)30-26-12)16-8-17-15(9-19(16)28-3)21-18(10-24-17)25-22(23)27(21)11-14-4-6-29-7-5-14;/h8-10,14H,4-7,11H2,1-3H3,(H2,23,25);1H4. The van der Waals surface area contributed by atoms with Gasteiger partial charge in [-0.1, -0.05) is 12.6 Å². The third kappa shape index (κ3) is 3.50. The van der Waals surface area contributed by atoms with Gasteiger partial charge in [0.05, 0.1) is 35.6 Å². The van der Waals surface area contributed by atoms with Crippen LogP contribution < -0.4 is 10.5 Å². The molecular weight excluding hydrogens is 394 g/mol. The van der Waals surface area contributed by atoms with Crippen molar-refractivity contribution < 1.29 is 14.0 Å². The number of hydrogen-bond acceptors (Lipinski definition) is 7. The van der Waals surface area contributed by atoms with E-state index in [1.165, 1.54) is 0 Å². The van der Waals surface area contributed by atoms with Crippen LogP contribution in [0.15, 0.2) is 22.9 Å². The number of anilines is 1. The Morgan fingerprint density at radius 3 is 2.65 bits per heavy atom. The summed E-state index contributed by atoms with van der Waals surface area (Å²) in [4.78, 5) is 9.22. The van der Waals surface area contributed by atoms with E-state index in [4.69, 9.17) is 19.7 Å². The van der Waals surface area contributed by atoms with Crippen LogP contribution in [0.4, 0.5) is 5.95 Å². The average molecular weight is 424 g/mol. The summed E-state index contributed by atoms with van der Waals surface area (Å²) in [5, 5.41) is 5.06. The Kier molecular flexibility index (Phi) is 5.58. The second-order valence-corrected chi connectivity index (χ2v) is 7.90. The number of nitrogens with zero attached hydrogens (tertiary/aromatic N) is 4. The number of aromatic nitrogens is 4. The van der Waals surface area contributed by atoms with E-state index in [-0.39, 0.29) is 7.43 Å². The number of imidazole rings is 1. The summed E-state index contributed by atoms with van der Waals surface area (Å²) in [5.74, 6) is 2.52. The number of aryl methyl sites for hydroxylation is 2. The Balaban J connectivity index is 0.00000231. The van der Waals surface area contributed by atoms with Crippen LogP contribution in [-0.4, -0.2) is 40.0 Å². The normalized spacial score (nSPS) is 14.8. The van der Waals surface area contributed by atoms with Crippen molar-refractivity contribution in [1.82, 2.24) is 19.7 Å². The molecule has 1 fully saturated rings. The monoisotopic (exact) mass is 423 g/mol. The minimum Gasteiger partial charge on any atom is -0.496 e. The average Bonchev–Trinajstić information content (AvgIpc) is 3.26. The van der Waals surface area contributed by atoms with Gasteiger partial charge in [0.25, 0.3) is 0 Å². The predicted octanol–water partition coefficient (Wildman–Crippen LogP) is 4.51. The van der Waals surface area contributed by atoms with Gasteiger partial charge in [-0.25, -0.2) is 4.98 Å². The fraction of sp³-hybridized carbons (Fsp3) is 0.435. The molecule has 0 aliphatic carbocycles. The van der Waals surface area contributed by atoms with E-state index in [1.54, 1.807) is 13.3 Å². The van der Waals surface area contributed by atoms with Gasteiger partial charge in [-0.05, 0) is 44.7 Å². The maximum atomic E-state index is 6.32. The summed E-state index contributed by atoms with van der Waals surface area (Å²) in [6, 6.07) is 4.05. The fourth-order valence-corrected chi connectivity index (χ4v) is 4.46. The first-order valence-electron chi connectivity index (χ1n) is 10.2. The molecule has 164 valence electrons. The molecule has 8 heteroatoms. The van der Waals surface area contributed by atoms with Gasteiger partial charge in [0, 0.05) is 30.7 Å². The molecule has 1 aliphatic rings. The van der Waals surface area contributed by atoms with Crippen LogP contribution in [0, 0.1) is 19.8 Å². The van der Waals surface area contributed by atoms with Gasteiger partial charge in [0.15, 0.2) is 0 Å². The smallest absolute Gasteiger partial charge is 0.201 e. The molecule has 1 saturated heterocycles. The van der Waals surface area contributed by atoms with Crippen LogP contribution in [-0.2, 0) is 11.3 Å². The lowest BCUT2D eigenvalue weighted by Gasteiger charge is -2.23. The molecule has 31 heavy (non-hydrogen) atoms. The van der Waals surface area contributed by atoms with Crippen LogP contribution in [0.1, 0.15) is 31.7 Å². The summed E-state index contributed by atoms with van der Waals surface area (Å²) < 4.78 is 18.8. The molecule has 1 aliphatic heterocycles. The zero-order chi connectivity index (χ0) is 20.8. The zero-order valence-electron chi connectivity index (χ0n) is 17.4. The lowest BCUT2D eigenvalue weighted by molar-refractivity contribution is 0.0618. The molecular formula is C23H29N5O3. The summed E-state index contributed by atoms with van der Waals surface area (Å²) >= 11 is 0. The van der Waals surface area contributed by atoms with Crippen LogP contribution in [0.3, 0.4) is 0 Å². The highest BCUT2D eigenvalue weighted by Crippen LogP contribution is 2.39. The third-order valence-corrected chi connectivity index (χ3v) is 6.01. The van der Waals surface area contributed by atoms with Crippen molar-refractivity contribution in [3.63, 3.8) is 0 Å². The van der Waals surface area contributed by atoms with E-state index in [9.17, 15) is 0 Å². The number of methoxy groups -OCH3 is 1. The molecule has 0 amide bonds. The maximum Gasteiger partial charge on any atom is 0.201 e. The zero-order valence-corrected chi connectivity index (χ0v) is 17.4. The van der Waals surface area contributed by atoms with Crippen molar-refractivity contribution in [2.75, 3.05) is 26.1 Å². The molecule has 0 unspecified atom stereocenters.